The van der Waals surface area contributed by atoms with Crippen LogP contribution in [0.15, 0.2) is 54.6 Å². The van der Waals surface area contributed by atoms with Gasteiger partial charge in [-0.05, 0) is 24.3 Å². The molecular formula is C16H16N2O4. The SMILES string of the molecule is CN(CCOc1ccccc1)C(=O)c1ccc([N+](=O)[O-])cc1. The van der Waals surface area contributed by atoms with Gasteiger partial charge in [-0.1, -0.05) is 18.2 Å². The summed E-state index contributed by atoms with van der Waals surface area (Å²) in [6.07, 6.45) is 0. The number of carbonyl (C=O) groups is 1. The number of nitrogens with zero attached hydrogens (tertiary/aromatic N) is 2. The first kappa shape index (κ1) is 15.5. The highest BCUT2D eigenvalue weighted by molar-refractivity contribution is 5.94. The number of hydrogen-bond donors (Lipinski definition) is 0. The first-order valence-corrected chi connectivity index (χ1v) is 6.75. The van der Waals surface area contributed by atoms with Crippen molar-refractivity contribution < 1.29 is 14.5 Å². The second kappa shape index (κ2) is 7.21. The highest BCUT2D eigenvalue weighted by atomic mass is 16.6. The highest BCUT2D eigenvalue weighted by Crippen LogP contribution is 2.13. The van der Waals surface area contributed by atoms with E-state index in [9.17, 15) is 14.9 Å². The van der Waals surface area contributed by atoms with Gasteiger partial charge in [0.15, 0.2) is 0 Å². The van der Waals surface area contributed by atoms with Gasteiger partial charge < -0.3 is 9.64 Å². The molecule has 0 heterocycles. The van der Waals surface area contributed by atoms with Crippen LogP contribution in [0.5, 0.6) is 5.75 Å². The number of carbonyl (C=O) groups excluding carboxylic acids is 1. The van der Waals surface area contributed by atoms with Crippen molar-refractivity contribution in [1.29, 1.82) is 0 Å². The molecule has 0 fully saturated rings. The van der Waals surface area contributed by atoms with Crippen LogP contribution in [0.3, 0.4) is 0 Å². The predicted octanol–water partition coefficient (Wildman–Crippen LogP) is 2.75. The topological polar surface area (TPSA) is 72.7 Å². The van der Waals surface area contributed by atoms with Crippen LogP contribution in [-0.4, -0.2) is 35.9 Å². The molecule has 0 aliphatic carbocycles. The molecule has 0 aliphatic rings. The summed E-state index contributed by atoms with van der Waals surface area (Å²) in [7, 11) is 1.66. The van der Waals surface area contributed by atoms with E-state index >= 15 is 0 Å². The molecule has 22 heavy (non-hydrogen) atoms. The fourth-order valence-electron chi connectivity index (χ4n) is 1.86. The fourth-order valence-corrected chi connectivity index (χ4v) is 1.86. The van der Waals surface area contributed by atoms with Gasteiger partial charge in [-0.15, -0.1) is 0 Å². The van der Waals surface area contributed by atoms with E-state index in [1.54, 1.807) is 7.05 Å². The lowest BCUT2D eigenvalue weighted by Gasteiger charge is -2.17. The van der Waals surface area contributed by atoms with Crippen LogP contribution in [0.25, 0.3) is 0 Å². The molecule has 0 bridgehead atoms. The molecule has 114 valence electrons. The maximum atomic E-state index is 12.2. The first-order chi connectivity index (χ1) is 10.6. The van der Waals surface area contributed by atoms with E-state index in [2.05, 4.69) is 0 Å². The minimum absolute atomic E-state index is 0.0355. The average molecular weight is 300 g/mol. The molecule has 6 nitrogen and oxygen atoms in total. The summed E-state index contributed by atoms with van der Waals surface area (Å²) in [6.45, 7) is 0.796. The van der Waals surface area contributed by atoms with Gasteiger partial charge in [-0.2, -0.15) is 0 Å². The van der Waals surface area contributed by atoms with E-state index in [-0.39, 0.29) is 11.6 Å². The normalized spacial score (nSPS) is 10.0. The van der Waals surface area contributed by atoms with Gasteiger partial charge in [0.05, 0.1) is 11.5 Å². The van der Waals surface area contributed by atoms with Crippen LogP contribution in [-0.2, 0) is 0 Å². The summed E-state index contributed by atoms with van der Waals surface area (Å²) in [5.74, 6) is 0.547. The number of likely N-dealkylation sites (N-methyl/N-ethyl adjacent to an activating group) is 1. The van der Waals surface area contributed by atoms with E-state index in [1.165, 1.54) is 29.2 Å². The number of ether oxygens (including phenoxy) is 1. The number of amides is 1. The maximum Gasteiger partial charge on any atom is 0.269 e. The van der Waals surface area contributed by atoms with Gasteiger partial charge in [-0.25, -0.2) is 0 Å². The number of rotatable bonds is 6. The lowest BCUT2D eigenvalue weighted by molar-refractivity contribution is -0.384. The number of nitro benzene ring substituents is 1. The van der Waals surface area contributed by atoms with Crippen molar-refractivity contribution in [3.8, 4) is 5.75 Å². The molecule has 2 rings (SSSR count). The summed E-state index contributed by atoms with van der Waals surface area (Å²) >= 11 is 0. The summed E-state index contributed by atoms with van der Waals surface area (Å²) in [6, 6.07) is 14.9. The predicted molar refractivity (Wildman–Crippen MR) is 82.0 cm³/mol. The molecular weight excluding hydrogens is 284 g/mol. The molecule has 0 saturated heterocycles. The summed E-state index contributed by atoms with van der Waals surface area (Å²) in [5.41, 5.74) is 0.374. The van der Waals surface area contributed by atoms with Gasteiger partial charge in [0.2, 0.25) is 0 Å². The summed E-state index contributed by atoms with van der Waals surface area (Å²) < 4.78 is 5.53. The fraction of sp³-hybridized carbons (Fsp3) is 0.188. The largest absolute Gasteiger partial charge is 0.492 e. The Hall–Kier alpha value is -2.89. The first-order valence-electron chi connectivity index (χ1n) is 6.75. The Balaban J connectivity index is 1.87. The molecule has 0 spiro atoms. The number of benzene rings is 2. The standard InChI is InChI=1S/C16H16N2O4/c1-17(11-12-22-15-5-3-2-4-6-15)16(19)13-7-9-14(10-8-13)18(20)21/h2-10H,11-12H2,1H3. The van der Waals surface area contributed by atoms with Crippen molar-refractivity contribution in [3.63, 3.8) is 0 Å². The minimum atomic E-state index is -0.494. The Bertz CT molecular complexity index is 641. The van der Waals surface area contributed by atoms with Crippen LogP contribution in [0, 0.1) is 10.1 Å². The molecule has 6 heteroatoms. The van der Waals surface area contributed by atoms with E-state index in [4.69, 9.17) is 4.74 Å². The molecule has 2 aromatic rings. The van der Waals surface area contributed by atoms with Crippen LogP contribution in [0.2, 0.25) is 0 Å². The van der Waals surface area contributed by atoms with Gasteiger partial charge in [-0.3, -0.25) is 14.9 Å². The zero-order chi connectivity index (χ0) is 15.9. The third kappa shape index (κ3) is 4.05. The second-order valence-corrected chi connectivity index (χ2v) is 4.69. The number of para-hydroxylation sites is 1. The van der Waals surface area contributed by atoms with E-state index in [0.29, 0.717) is 18.7 Å². The number of hydrogen-bond acceptors (Lipinski definition) is 4. The van der Waals surface area contributed by atoms with Gasteiger partial charge in [0, 0.05) is 24.7 Å². The van der Waals surface area contributed by atoms with Crippen molar-refractivity contribution >= 4 is 11.6 Å². The summed E-state index contributed by atoms with van der Waals surface area (Å²) in [5, 5.41) is 10.6. The Morgan fingerprint density at radius 3 is 2.36 bits per heavy atom. The van der Waals surface area contributed by atoms with Crippen LogP contribution < -0.4 is 4.74 Å². The van der Waals surface area contributed by atoms with Gasteiger partial charge >= 0.3 is 0 Å². The van der Waals surface area contributed by atoms with Crippen molar-refractivity contribution in [2.24, 2.45) is 0 Å². The molecule has 0 atom stereocenters. The Morgan fingerprint density at radius 1 is 1.14 bits per heavy atom. The van der Waals surface area contributed by atoms with Crippen molar-refractivity contribution in [2.45, 2.75) is 0 Å². The number of nitro groups is 1. The minimum Gasteiger partial charge on any atom is -0.492 e. The van der Waals surface area contributed by atoms with E-state index in [1.807, 2.05) is 30.3 Å². The van der Waals surface area contributed by atoms with Crippen molar-refractivity contribution in [2.75, 3.05) is 20.2 Å². The number of non-ortho nitro benzene ring substituents is 1. The maximum absolute atomic E-state index is 12.2. The third-order valence-corrected chi connectivity index (χ3v) is 3.11. The quantitative estimate of drug-likeness (QED) is 0.607. The highest BCUT2D eigenvalue weighted by Gasteiger charge is 2.13. The molecule has 0 radical (unpaired) electrons. The third-order valence-electron chi connectivity index (χ3n) is 3.11. The molecule has 0 unspecified atom stereocenters. The Labute approximate surface area is 128 Å². The Morgan fingerprint density at radius 2 is 1.77 bits per heavy atom. The molecule has 1 amide bonds. The zero-order valence-corrected chi connectivity index (χ0v) is 12.1. The van der Waals surface area contributed by atoms with E-state index < -0.39 is 4.92 Å². The van der Waals surface area contributed by atoms with Gasteiger partial charge in [0.25, 0.3) is 11.6 Å². The monoisotopic (exact) mass is 300 g/mol. The second-order valence-electron chi connectivity index (χ2n) is 4.69. The van der Waals surface area contributed by atoms with Gasteiger partial charge in [0.1, 0.15) is 12.4 Å². The van der Waals surface area contributed by atoms with Crippen LogP contribution >= 0.6 is 0 Å². The summed E-state index contributed by atoms with van der Waals surface area (Å²) in [4.78, 5) is 23.8. The Kier molecular flexibility index (Phi) is 5.08. The smallest absolute Gasteiger partial charge is 0.269 e. The van der Waals surface area contributed by atoms with Crippen LogP contribution in [0.4, 0.5) is 5.69 Å². The molecule has 0 saturated carbocycles. The lowest BCUT2D eigenvalue weighted by Crippen LogP contribution is -2.30. The lowest BCUT2D eigenvalue weighted by atomic mass is 10.2. The van der Waals surface area contributed by atoms with Crippen LogP contribution in [0.1, 0.15) is 10.4 Å². The van der Waals surface area contributed by atoms with Crippen molar-refractivity contribution in [1.82, 2.24) is 4.90 Å². The zero-order valence-electron chi connectivity index (χ0n) is 12.1. The average Bonchev–Trinajstić information content (AvgIpc) is 2.55. The molecule has 0 aromatic heterocycles. The van der Waals surface area contributed by atoms with E-state index in [0.717, 1.165) is 5.75 Å². The molecule has 0 N–H and O–H groups in total. The van der Waals surface area contributed by atoms with Crippen molar-refractivity contribution in [3.05, 3.63) is 70.3 Å². The molecule has 0 aliphatic heterocycles. The molecule has 2 aromatic carbocycles.